The lowest BCUT2D eigenvalue weighted by atomic mass is 10.1. The van der Waals surface area contributed by atoms with Crippen LogP contribution >= 0.6 is 11.8 Å². The summed E-state index contributed by atoms with van der Waals surface area (Å²) in [6.45, 7) is 11.6. The van der Waals surface area contributed by atoms with Gasteiger partial charge in [0.25, 0.3) is 0 Å². The topological polar surface area (TPSA) is 31.8 Å². The summed E-state index contributed by atoms with van der Waals surface area (Å²) in [7, 11) is 0. The molecular weight excluding hydrogens is 320 g/mol. The highest BCUT2D eigenvalue weighted by Crippen LogP contribution is 2.38. The Morgan fingerprint density at radius 1 is 1.21 bits per heavy atom. The molecule has 5 nitrogen and oxygen atoms in total. The van der Waals surface area contributed by atoms with E-state index in [0.29, 0.717) is 12.1 Å². The molecule has 0 unspecified atom stereocenters. The Balaban J connectivity index is 1.56. The average Bonchev–Trinajstić information content (AvgIpc) is 2.80. The first kappa shape index (κ1) is 16.5. The van der Waals surface area contributed by atoms with Gasteiger partial charge in [-0.1, -0.05) is 0 Å². The molecule has 0 N–H and O–H groups in total. The third-order valence-electron chi connectivity index (χ3n) is 5.42. The van der Waals surface area contributed by atoms with Gasteiger partial charge < -0.3 is 14.5 Å². The Labute approximate surface area is 149 Å². The van der Waals surface area contributed by atoms with Crippen molar-refractivity contribution < 1.29 is 4.74 Å². The molecule has 1 aromatic heterocycles. The van der Waals surface area contributed by atoms with E-state index in [1.807, 2.05) is 11.8 Å². The second-order valence-corrected chi connectivity index (χ2v) is 8.32. The lowest BCUT2D eigenvalue weighted by Gasteiger charge is -2.43. The predicted octanol–water partition coefficient (Wildman–Crippen LogP) is 2.31. The van der Waals surface area contributed by atoms with Crippen LogP contribution in [0.4, 0.5) is 11.5 Å². The minimum atomic E-state index is 0.608. The number of aromatic nitrogens is 1. The summed E-state index contributed by atoms with van der Waals surface area (Å²) in [5, 5.41) is 0. The average molecular weight is 349 g/mol. The maximum absolute atomic E-state index is 5.47. The van der Waals surface area contributed by atoms with Gasteiger partial charge in [0.15, 0.2) is 0 Å². The third kappa shape index (κ3) is 3.24. The van der Waals surface area contributed by atoms with Crippen LogP contribution < -0.4 is 9.80 Å². The zero-order chi connectivity index (χ0) is 16.5. The Morgan fingerprint density at radius 3 is 2.83 bits per heavy atom. The van der Waals surface area contributed by atoms with Gasteiger partial charge in [-0.2, -0.15) is 0 Å². The van der Waals surface area contributed by atoms with Crippen LogP contribution in [0.5, 0.6) is 0 Å². The van der Waals surface area contributed by atoms with E-state index in [9.17, 15) is 0 Å². The van der Waals surface area contributed by atoms with Gasteiger partial charge in [0.05, 0.1) is 30.0 Å². The van der Waals surface area contributed by atoms with Crippen molar-refractivity contribution in [2.75, 3.05) is 61.5 Å². The summed E-state index contributed by atoms with van der Waals surface area (Å²) in [5.41, 5.74) is 1.25. The van der Waals surface area contributed by atoms with Crippen molar-refractivity contribution >= 4 is 23.3 Å². The largest absolute Gasteiger partial charge is 0.378 e. The number of hydrogen-bond acceptors (Lipinski definition) is 6. The van der Waals surface area contributed by atoms with Crippen LogP contribution in [0.3, 0.4) is 0 Å². The number of nitrogens with zero attached hydrogens (tertiary/aromatic N) is 4. The maximum Gasteiger partial charge on any atom is 0.142 e. The molecule has 1 atom stereocenters. The third-order valence-corrected chi connectivity index (χ3v) is 6.47. The van der Waals surface area contributed by atoms with E-state index < -0.39 is 0 Å². The highest BCUT2D eigenvalue weighted by molar-refractivity contribution is 7.99. The number of pyridine rings is 1. The summed E-state index contributed by atoms with van der Waals surface area (Å²) in [4.78, 5) is 13.8. The summed E-state index contributed by atoms with van der Waals surface area (Å²) in [6, 6.07) is 3.60. The fraction of sp³-hybridized carbons (Fsp3) is 0.722. The normalized spacial score (nSPS) is 25.4. The van der Waals surface area contributed by atoms with E-state index >= 15 is 0 Å². The number of fused-ring (bicyclic) bond motifs is 3. The lowest BCUT2D eigenvalue weighted by molar-refractivity contribution is 0.122. The molecular formula is C18H28N4OS. The summed E-state index contributed by atoms with van der Waals surface area (Å²) >= 11 is 1.98. The molecule has 0 aliphatic carbocycles. The molecule has 4 heterocycles. The first-order valence-corrected chi connectivity index (χ1v) is 10.2. The van der Waals surface area contributed by atoms with E-state index in [2.05, 4.69) is 40.8 Å². The quantitative estimate of drug-likeness (QED) is 0.815. The van der Waals surface area contributed by atoms with Crippen molar-refractivity contribution in [1.29, 1.82) is 0 Å². The molecule has 0 radical (unpaired) electrons. The van der Waals surface area contributed by atoms with Crippen molar-refractivity contribution in [2.24, 2.45) is 0 Å². The first-order chi connectivity index (χ1) is 11.7. The van der Waals surface area contributed by atoms with Crippen molar-refractivity contribution in [3.8, 4) is 0 Å². The SMILES string of the molecule is CC(C)N1CCN2c3ncc(N4CCOCC4)cc3SCC[C@@H]2C1. The Hall–Kier alpha value is -0.980. The van der Waals surface area contributed by atoms with Crippen LogP contribution in [0.2, 0.25) is 0 Å². The van der Waals surface area contributed by atoms with Gasteiger partial charge in [-0.3, -0.25) is 4.90 Å². The summed E-state index contributed by atoms with van der Waals surface area (Å²) in [5.74, 6) is 2.40. The Kier molecular flexibility index (Phi) is 4.88. The molecule has 24 heavy (non-hydrogen) atoms. The zero-order valence-corrected chi connectivity index (χ0v) is 15.6. The Morgan fingerprint density at radius 2 is 2.04 bits per heavy atom. The van der Waals surface area contributed by atoms with Gasteiger partial charge in [0.2, 0.25) is 0 Å². The van der Waals surface area contributed by atoms with Crippen molar-refractivity contribution in [3.63, 3.8) is 0 Å². The highest BCUT2D eigenvalue weighted by Gasteiger charge is 2.32. The molecule has 3 aliphatic heterocycles. The number of rotatable bonds is 2. The fourth-order valence-corrected chi connectivity index (χ4v) is 5.04. The molecule has 0 aromatic carbocycles. The molecule has 0 spiro atoms. The minimum Gasteiger partial charge on any atom is -0.378 e. The molecule has 1 aromatic rings. The van der Waals surface area contributed by atoms with Gasteiger partial charge in [0, 0.05) is 50.6 Å². The number of ether oxygens (including phenoxy) is 1. The van der Waals surface area contributed by atoms with Crippen molar-refractivity contribution in [1.82, 2.24) is 9.88 Å². The van der Waals surface area contributed by atoms with E-state index in [1.54, 1.807) is 0 Å². The van der Waals surface area contributed by atoms with E-state index in [0.717, 1.165) is 39.4 Å². The Bertz CT molecular complexity index is 576. The predicted molar refractivity (Wildman–Crippen MR) is 100 cm³/mol. The van der Waals surface area contributed by atoms with E-state index in [1.165, 1.54) is 35.1 Å². The molecule has 6 heteroatoms. The van der Waals surface area contributed by atoms with Crippen molar-refractivity contribution in [2.45, 2.75) is 37.2 Å². The lowest BCUT2D eigenvalue weighted by Crippen LogP contribution is -2.55. The molecule has 2 saturated heterocycles. The van der Waals surface area contributed by atoms with Gasteiger partial charge >= 0.3 is 0 Å². The molecule has 3 aliphatic rings. The molecule has 4 rings (SSSR count). The molecule has 0 bridgehead atoms. The van der Waals surface area contributed by atoms with Gasteiger partial charge in [0.1, 0.15) is 5.82 Å². The minimum absolute atomic E-state index is 0.608. The fourth-order valence-electron chi connectivity index (χ4n) is 3.92. The zero-order valence-electron chi connectivity index (χ0n) is 14.8. The van der Waals surface area contributed by atoms with E-state index in [-0.39, 0.29) is 0 Å². The number of morpholine rings is 1. The van der Waals surface area contributed by atoms with Crippen LogP contribution in [0, 0.1) is 0 Å². The molecule has 2 fully saturated rings. The molecule has 0 saturated carbocycles. The standard InChI is InChI=1S/C18H28N4OS/c1-14(2)21-4-5-22-15(13-21)3-10-24-17-11-16(12-19-18(17)22)20-6-8-23-9-7-20/h11-12,14-15H,3-10,13H2,1-2H3/t15-/m1/s1. The van der Waals surface area contributed by atoms with Gasteiger partial charge in [-0.25, -0.2) is 4.98 Å². The van der Waals surface area contributed by atoms with Crippen LogP contribution in [0.15, 0.2) is 17.2 Å². The maximum atomic E-state index is 5.47. The van der Waals surface area contributed by atoms with Crippen LogP contribution in [-0.2, 0) is 4.74 Å². The number of piperazine rings is 1. The number of anilines is 2. The highest BCUT2D eigenvalue weighted by atomic mass is 32.2. The van der Waals surface area contributed by atoms with Crippen LogP contribution in [-0.4, -0.2) is 73.7 Å². The first-order valence-electron chi connectivity index (χ1n) is 9.18. The number of hydrogen-bond donors (Lipinski definition) is 0. The summed E-state index contributed by atoms with van der Waals surface area (Å²) < 4.78 is 5.47. The number of thioether (sulfide) groups is 1. The van der Waals surface area contributed by atoms with Gasteiger partial charge in [-0.05, 0) is 26.3 Å². The van der Waals surface area contributed by atoms with Crippen LogP contribution in [0.1, 0.15) is 20.3 Å². The van der Waals surface area contributed by atoms with Crippen LogP contribution in [0.25, 0.3) is 0 Å². The smallest absolute Gasteiger partial charge is 0.142 e. The van der Waals surface area contributed by atoms with Crippen molar-refractivity contribution in [3.05, 3.63) is 12.3 Å². The van der Waals surface area contributed by atoms with E-state index in [4.69, 9.17) is 9.72 Å². The van der Waals surface area contributed by atoms with Gasteiger partial charge in [-0.15, -0.1) is 11.8 Å². The molecule has 132 valence electrons. The monoisotopic (exact) mass is 348 g/mol. The second kappa shape index (κ2) is 7.10. The summed E-state index contributed by atoms with van der Waals surface area (Å²) in [6.07, 6.45) is 3.32. The second-order valence-electron chi connectivity index (χ2n) is 7.19. The molecule has 0 amide bonds.